The first-order valence-corrected chi connectivity index (χ1v) is 12.0. The van der Waals surface area contributed by atoms with Crippen molar-refractivity contribution in [2.75, 3.05) is 26.2 Å². The van der Waals surface area contributed by atoms with Gasteiger partial charge in [-0.1, -0.05) is 30.3 Å². The van der Waals surface area contributed by atoms with Gasteiger partial charge < -0.3 is 24.3 Å². The van der Waals surface area contributed by atoms with Crippen molar-refractivity contribution < 1.29 is 37.8 Å². The number of nitriles is 1. The molecule has 13 heteroatoms. The molecule has 2 aliphatic heterocycles. The van der Waals surface area contributed by atoms with Crippen molar-refractivity contribution in [1.29, 1.82) is 5.26 Å². The van der Waals surface area contributed by atoms with Gasteiger partial charge in [-0.3, -0.25) is 15.0 Å². The predicted molar refractivity (Wildman–Crippen MR) is 129 cm³/mol. The minimum Gasteiger partial charge on any atom is -0.444 e. The van der Waals surface area contributed by atoms with E-state index in [1.807, 2.05) is 12.1 Å². The number of benzene rings is 1. The Labute approximate surface area is 214 Å². The lowest BCUT2D eigenvalue weighted by Gasteiger charge is -2.33. The van der Waals surface area contributed by atoms with E-state index in [9.17, 15) is 23.6 Å². The molecule has 1 aromatic rings. The van der Waals surface area contributed by atoms with Gasteiger partial charge in [-0.15, -0.1) is 0 Å². The average Bonchev–Trinajstić information content (AvgIpc) is 3.43. The molecule has 0 aromatic heterocycles. The van der Waals surface area contributed by atoms with E-state index in [2.05, 4.69) is 5.32 Å². The van der Waals surface area contributed by atoms with Gasteiger partial charge in [-0.25, -0.2) is 13.6 Å². The fourth-order valence-corrected chi connectivity index (χ4v) is 4.42. The fourth-order valence-electron chi connectivity index (χ4n) is 4.42. The molecule has 1 aromatic carbocycles. The van der Waals surface area contributed by atoms with Crippen molar-refractivity contribution in [3.8, 4) is 6.07 Å². The van der Waals surface area contributed by atoms with Crippen molar-refractivity contribution in [3.63, 3.8) is 0 Å². The lowest BCUT2D eigenvalue weighted by atomic mass is 9.99. The number of hydrogen-bond donors (Lipinski definition) is 3. The van der Waals surface area contributed by atoms with E-state index in [0.717, 1.165) is 5.56 Å². The third-order valence-electron chi connectivity index (χ3n) is 6.37. The number of amides is 2. The van der Waals surface area contributed by atoms with Crippen LogP contribution in [0.1, 0.15) is 32.3 Å². The van der Waals surface area contributed by atoms with Crippen LogP contribution in [-0.2, 0) is 20.6 Å². The Balaban J connectivity index is 1.56. The monoisotopic (exact) mass is 520 g/mol. The number of alkyl carbamates (subject to hydrolysis) is 1. The second-order valence-electron chi connectivity index (χ2n) is 9.70. The molecule has 0 saturated carbocycles. The van der Waals surface area contributed by atoms with Crippen molar-refractivity contribution in [1.82, 2.24) is 15.1 Å². The molecule has 2 atom stereocenters. The number of alkyl halides is 2. The molecule has 2 amide bonds. The maximum atomic E-state index is 13.7. The van der Waals surface area contributed by atoms with Gasteiger partial charge in [0.15, 0.2) is 0 Å². The minimum atomic E-state index is -2.80. The number of rotatable bonds is 9. The Morgan fingerprint density at radius 3 is 2.62 bits per heavy atom. The molecular weight excluding hydrogens is 489 g/mol. The van der Waals surface area contributed by atoms with Crippen LogP contribution in [-0.4, -0.2) is 89.1 Å². The van der Waals surface area contributed by atoms with Crippen molar-refractivity contribution in [2.24, 2.45) is 0 Å². The molecule has 200 valence electrons. The lowest BCUT2D eigenvalue weighted by Crippen LogP contribution is -2.44. The highest BCUT2D eigenvalue weighted by molar-refractivity contribution is 6.32. The Kier molecular flexibility index (Phi) is 9.25. The van der Waals surface area contributed by atoms with Crippen LogP contribution in [0.4, 0.5) is 13.6 Å². The first-order valence-electron chi connectivity index (χ1n) is 12.0. The molecule has 2 heterocycles. The Morgan fingerprint density at radius 2 is 2.03 bits per heavy atom. The maximum Gasteiger partial charge on any atom is 0.635 e. The number of carbonyl (C=O) groups is 2. The summed E-state index contributed by atoms with van der Waals surface area (Å²) in [5.74, 6) is -3.37. The highest BCUT2D eigenvalue weighted by Gasteiger charge is 2.43. The Bertz CT molecular complexity index is 1030. The number of likely N-dealkylation sites (tertiary alicyclic amines) is 2. The third-order valence-corrected chi connectivity index (χ3v) is 6.37. The first-order chi connectivity index (χ1) is 17.4. The zero-order valence-electron chi connectivity index (χ0n) is 20.8. The highest BCUT2D eigenvalue weighted by atomic mass is 19.3. The van der Waals surface area contributed by atoms with Gasteiger partial charge in [0.25, 0.3) is 11.8 Å². The molecule has 10 nitrogen and oxygen atoms in total. The number of nitrogens with zero attached hydrogens (tertiary/aromatic N) is 3. The van der Waals surface area contributed by atoms with E-state index in [4.69, 9.17) is 19.4 Å². The molecule has 0 unspecified atom stereocenters. The molecular formula is C24H31BF2N4O6. The molecule has 3 rings (SSSR count). The Hall–Kier alpha value is -3.05. The van der Waals surface area contributed by atoms with Crippen LogP contribution in [0.5, 0.6) is 0 Å². The van der Waals surface area contributed by atoms with Crippen LogP contribution in [0, 0.1) is 11.3 Å². The van der Waals surface area contributed by atoms with E-state index in [-0.39, 0.29) is 38.0 Å². The van der Waals surface area contributed by atoms with Crippen LogP contribution in [0.15, 0.2) is 42.0 Å². The van der Waals surface area contributed by atoms with Crippen molar-refractivity contribution in [3.05, 3.63) is 47.5 Å². The standard InChI is InChI=1S/C24H31BF2N4O6/c1-23(2,31-11-9-24(26,27)16-31)13-18(14-28)21(32)30-10-8-19(15-30)36-22(33)29-20(37-25(34)35)12-17-6-4-3-5-7-17/h3-7,13,19-20,34-35H,8-12,15-16H2,1-2H3,(H,29,33)/t19-,20-/m1/s1. The zero-order valence-corrected chi connectivity index (χ0v) is 20.8. The van der Waals surface area contributed by atoms with Crippen LogP contribution in [0.2, 0.25) is 0 Å². The summed E-state index contributed by atoms with van der Waals surface area (Å²) >= 11 is 0. The highest BCUT2D eigenvalue weighted by Crippen LogP contribution is 2.33. The van der Waals surface area contributed by atoms with Crippen LogP contribution in [0.3, 0.4) is 0 Å². The van der Waals surface area contributed by atoms with Gasteiger partial charge >= 0.3 is 13.4 Å². The van der Waals surface area contributed by atoms with Gasteiger partial charge in [0.05, 0.1) is 13.1 Å². The zero-order chi connectivity index (χ0) is 27.2. The van der Waals surface area contributed by atoms with Crippen LogP contribution < -0.4 is 5.32 Å². The number of nitrogens with one attached hydrogen (secondary N) is 1. The molecule has 2 aliphatic rings. The maximum absolute atomic E-state index is 13.7. The van der Waals surface area contributed by atoms with Gasteiger partial charge in [-0.05, 0) is 25.5 Å². The summed E-state index contributed by atoms with van der Waals surface area (Å²) in [6, 6.07) is 10.8. The molecule has 37 heavy (non-hydrogen) atoms. The molecule has 0 aliphatic carbocycles. The summed E-state index contributed by atoms with van der Waals surface area (Å²) in [4.78, 5) is 28.3. The fraction of sp³-hybridized carbons (Fsp3) is 0.542. The summed E-state index contributed by atoms with van der Waals surface area (Å²) in [7, 11) is -2.11. The number of halogens is 2. The number of carbonyl (C=O) groups excluding carboxylic acids is 2. The van der Waals surface area contributed by atoms with E-state index >= 15 is 0 Å². The van der Waals surface area contributed by atoms with Gasteiger partial charge in [0.1, 0.15) is 24.0 Å². The molecule has 0 radical (unpaired) electrons. The SMILES string of the molecule is CC(C)(C=C(C#N)C(=O)N1CC[C@@H](OC(=O)N[C@@H](Cc2ccccc2)OB(O)O)C1)N1CCC(F)(F)C1. The van der Waals surface area contributed by atoms with E-state index in [1.165, 1.54) is 15.9 Å². The number of hydrogen-bond acceptors (Lipinski definition) is 8. The molecule has 3 N–H and O–H groups in total. The van der Waals surface area contributed by atoms with Crippen LogP contribution >= 0.6 is 0 Å². The van der Waals surface area contributed by atoms with Gasteiger partial charge in [-0.2, -0.15) is 5.26 Å². The van der Waals surface area contributed by atoms with Crippen LogP contribution in [0.25, 0.3) is 0 Å². The average molecular weight is 520 g/mol. The first kappa shape index (κ1) is 28.5. The summed E-state index contributed by atoms with van der Waals surface area (Å²) in [6.07, 6.45) is -1.00. The quantitative estimate of drug-likeness (QED) is 0.193. The predicted octanol–water partition coefficient (Wildman–Crippen LogP) is 1.44. The molecule has 2 saturated heterocycles. The van der Waals surface area contributed by atoms with Crippen molar-refractivity contribution >= 4 is 19.3 Å². The largest absolute Gasteiger partial charge is 0.635 e. The second-order valence-corrected chi connectivity index (χ2v) is 9.70. The smallest absolute Gasteiger partial charge is 0.444 e. The third kappa shape index (κ3) is 8.23. The molecule has 0 spiro atoms. The summed E-state index contributed by atoms with van der Waals surface area (Å²) < 4.78 is 37.6. The minimum absolute atomic E-state index is 0.0420. The summed E-state index contributed by atoms with van der Waals surface area (Å²) in [6.45, 7) is 3.34. The van der Waals surface area contributed by atoms with Gasteiger partial charge in [0.2, 0.25) is 0 Å². The molecule has 2 fully saturated rings. The Morgan fingerprint density at radius 1 is 1.32 bits per heavy atom. The number of ether oxygens (including phenoxy) is 1. The van der Waals surface area contributed by atoms with E-state index in [0.29, 0.717) is 6.42 Å². The molecule has 0 bridgehead atoms. The second kappa shape index (κ2) is 12.0. The summed E-state index contributed by atoms with van der Waals surface area (Å²) in [5.41, 5.74) is -0.317. The van der Waals surface area contributed by atoms with E-state index < -0.39 is 49.7 Å². The normalized spacial score (nSPS) is 20.8. The van der Waals surface area contributed by atoms with Crippen molar-refractivity contribution in [2.45, 2.75) is 56.9 Å². The van der Waals surface area contributed by atoms with Gasteiger partial charge in [0, 0.05) is 37.9 Å². The summed E-state index contributed by atoms with van der Waals surface area (Å²) in [5, 5.41) is 30.4. The topological polar surface area (TPSA) is 135 Å². The lowest BCUT2D eigenvalue weighted by molar-refractivity contribution is -0.126. The van der Waals surface area contributed by atoms with E-state index in [1.54, 1.807) is 38.1 Å².